The zero-order valence-corrected chi connectivity index (χ0v) is 11.0. The zero-order valence-electron chi connectivity index (χ0n) is 11.0. The second-order valence-corrected chi connectivity index (χ2v) is 5.06. The Morgan fingerprint density at radius 2 is 2.21 bits per heavy atom. The van der Waals surface area contributed by atoms with Gasteiger partial charge in [-0.2, -0.15) is 4.98 Å². The van der Waals surface area contributed by atoms with Crippen LogP contribution in [0.15, 0.2) is 18.2 Å². The highest BCUT2D eigenvalue weighted by molar-refractivity contribution is 5.44. The van der Waals surface area contributed by atoms with Crippen molar-refractivity contribution in [2.24, 2.45) is 0 Å². The Morgan fingerprint density at radius 1 is 1.42 bits per heavy atom. The molecule has 0 saturated carbocycles. The highest BCUT2D eigenvalue weighted by atomic mass is 16.5. The van der Waals surface area contributed by atoms with Crippen molar-refractivity contribution in [2.75, 3.05) is 25.1 Å². The summed E-state index contributed by atoms with van der Waals surface area (Å²) in [5, 5.41) is 17.9. The van der Waals surface area contributed by atoms with Crippen LogP contribution in [0.5, 0.6) is 0 Å². The van der Waals surface area contributed by atoms with Crippen LogP contribution >= 0.6 is 0 Å². The van der Waals surface area contributed by atoms with Crippen molar-refractivity contribution in [3.05, 3.63) is 23.9 Å². The molecule has 0 unspecified atom stereocenters. The number of anilines is 1. The van der Waals surface area contributed by atoms with Gasteiger partial charge < -0.3 is 15.2 Å². The lowest BCUT2D eigenvalue weighted by Crippen LogP contribution is -2.42. The third-order valence-electron chi connectivity index (χ3n) is 3.55. The Kier molecular flexibility index (Phi) is 3.12. The molecular weight excluding hydrogens is 244 g/mol. The van der Waals surface area contributed by atoms with Crippen molar-refractivity contribution in [1.29, 1.82) is 0 Å². The molecule has 0 atom stereocenters. The summed E-state index contributed by atoms with van der Waals surface area (Å²) >= 11 is 0. The molecule has 2 aromatic rings. The average molecular weight is 262 g/mol. The normalized spacial score (nSPS) is 18.6. The number of hydrogen-bond acceptors (Lipinski definition) is 5. The maximum atomic E-state index is 10.4. The first-order valence-corrected chi connectivity index (χ1v) is 6.53. The summed E-state index contributed by atoms with van der Waals surface area (Å²) in [7, 11) is 0. The number of nitrogens with one attached hydrogen (secondary N) is 1. The maximum absolute atomic E-state index is 10.4. The topological polar surface area (TPSA) is 71.7 Å². The Hall–Kier alpha value is -1.66. The molecule has 3 rings (SSSR count). The van der Waals surface area contributed by atoms with Crippen molar-refractivity contribution < 1.29 is 9.84 Å². The minimum absolute atomic E-state index is 0.451. The molecule has 6 heteroatoms. The van der Waals surface area contributed by atoms with E-state index in [0.717, 1.165) is 11.3 Å². The lowest BCUT2D eigenvalue weighted by atomic mass is 9.94. The van der Waals surface area contributed by atoms with Crippen molar-refractivity contribution in [3.63, 3.8) is 0 Å². The van der Waals surface area contributed by atoms with E-state index in [2.05, 4.69) is 15.4 Å². The van der Waals surface area contributed by atoms with Gasteiger partial charge in [0.25, 0.3) is 0 Å². The molecule has 0 aliphatic carbocycles. The molecule has 0 bridgehead atoms. The van der Waals surface area contributed by atoms with E-state index in [1.54, 1.807) is 4.52 Å². The van der Waals surface area contributed by atoms with E-state index >= 15 is 0 Å². The first kappa shape index (κ1) is 12.4. The van der Waals surface area contributed by atoms with Crippen molar-refractivity contribution >= 4 is 11.6 Å². The number of aromatic nitrogens is 3. The fourth-order valence-corrected chi connectivity index (χ4v) is 2.28. The number of ether oxygens (including phenoxy) is 1. The molecule has 0 radical (unpaired) electrons. The molecule has 0 amide bonds. The van der Waals surface area contributed by atoms with Crippen LogP contribution in [0.2, 0.25) is 0 Å². The number of nitrogens with zero attached hydrogens (tertiary/aromatic N) is 3. The van der Waals surface area contributed by atoms with E-state index in [0.29, 0.717) is 38.5 Å². The number of aryl methyl sites for hydroxylation is 1. The van der Waals surface area contributed by atoms with Crippen LogP contribution in [0.25, 0.3) is 5.65 Å². The first-order valence-electron chi connectivity index (χ1n) is 6.53. The molecular formula is C13H18N4O2. The summed E-state index contributed by atoms with van der Waals surface area (Å²) in [4.78, 5) is 4.39. The third kappa shape index (κ3) is 2.54. The molecule has 3 heterocycles. The summed E-state index contributed by atoms with van der Waals surface area (Å²) in [6.45, 7) is 3.65. The second-order valence-electron chi connectivity index (χ2n) is 5.06. The van der Waals surface area contributed by atoms with E-state index in [1.807, 2.05) is 25.1 Å². The van der Waals surface area contributed by atoms with E-state index in [4.69, 9.17) is 4.74 Å². The van der Waals surface area contributed by atoms with Crippen LogP contribution < -0.4 is 5.32 Å². The fraction of sp³-hybridized carbons (Fsp3) is 0.538. The SMILES string of the molecule is Cc1cccc2nc(NCC3(O)CCOCC3)nn12. The Balaban J connectivity index is 1.73. The predicted molar refractivity (Wildman–Crippen MR) is 71.2 cm³/mol. The number of aliphatic hydroxyl groups is 1. The molecule has 2 N–H and O–H groups in total. The number of hydrogen-bond donors (Lipinski definition) is 2. The second kappa shape index (κ2) is 4.79. The van der Waals surface area contributed by atoms with Crippen LogP contribution in [-0.2, 0) is 4.74 Å². The minimum atomic E-state index is -0.717. The van der Waals surface area contributed by atoms with Gasteiger partial charge >= 0.3 is 0 Å². The van der Waals surface area contributed by atoms with Gasteiger partial charge in [0.2, 0.25) is 5.95 Å². The van der Waals surface area contributed by atoms with Crippen LogP contribution in [0.1, 0.15) is 18.5 Å². The fourth-order valence-electron chi connectivity index (χ4n) is 2.28. The molecule has 1 aliphatic heterocycles. The van der Waals surface area contributed by atoms with E-state index < -0.39 is 5.60 Å². The quantitative estimate of drug-likeness (QED) is 0.863. The van der Waals surface area contributed by atoms with Gasteiger partial charge in [-0.05, 0) is 19.1 Å². The van der Waals surface area contributed by atoms with Crippen LogP contribution in [0.4, 0.5) is 5.95 Å². The molecule has 1 saturated heterocycles. The summed E-state index contributed by atoms with van der Waals surface area (Å²) in [6, 6.07) is 5.85. The molecule has 102 valence electrons. The van der Waals surface area contributed by atoms with Gasteiger partial charge in [-0.3, -0.25) is 0 Å². The highest BCUT2D eigenvalue weighted by Gasteiger charge is 2.29. The minimum Gasteiger partial charge on any atom is -0.388 e. The third-order valence-corrected chi connectivity index (χ3v) is 3.55. The Bertz CT molecular complexity index is 575. The molecule has 0 aromatic carbocycles. The summed E-state index contributed by atoms with van der Waals surface area (Å²) in [5.74, 6) is 0.550. The molecule has 19 heavy (non-hydrogen) atoms. The molecule has 2 aromatic heterocycles. The number of fused-ring (bicyclic) bond motifs is 1. The molecule has 1 fully saturated rings. The summed E-state index contributed by atoms with van der Waals surface area (Å²) < 4.78 is 7.05. The van der Waals surface area contributed by atoms with E-state index in [-0.39, 0.29) is 0 Å². The Morgan fingerprint density at radius 3 is 2.95 bits per heavy atom. The molecule has 6 nitrogen and oxygen atoms in total. The largest absolute Gasteiger partial charge is 0.388 e. The van der Waals surface area contributed by atoms with Crippen LogP contribution in [-0.4, -0.2) is 45.1 Å². The van der Waals surface area contributed by atoms with Crippen LogP contribution in [0, 0.1) is 6.92 Å². The van der Waals surface area contributed by atoms with Crippen LogP contribution in [0.3, 0.4) is 0 Å². The predicted octanol–water partition coefficient (Wildman–Crippen LogP) is 0.991. The van der Waals surface area contributed by atoms with Gasteiger partial charge in [-0.15, -0.1) is 5.10 Å². The summed E-state index contributed by atoms with van der Waals surface area (Å²) in [5.41, 5.74) is 1.12. The van der Waals surface area contributed by atoms with Crippen molar-refractivity contribution in [3.8, 4) is 0 Å². The maximum Gasteiger partial charge on any atom is 0.243 e. The van der Waals surface area contributed by atoms with Crippen molar-refractivity contribution in [2.45, 2.75) is 25.4 Å². The zero-order chi connectivity index (χ0) is 13.3. The lowest BCUT2D eigenvalue weighted by molar-refractivity contribution is -0.0544. The van der Waals surface area contributed by atoms with E-state index in [1.165, 1.54) is 0 Å². The number of rotatable bonds is 3. The standard InChI is InChI=1S/C13H18N4O2/c1-10-3-2-4-11-15-12(16-17(10)11)14-9-13(18)5-7-19-8-6-13/h2-4,18H,5-9H2,1H3,(H,14,16). The van der Waals surface area contributed by atoms with E-state index in [9.17, 15) is 5.11 Å². The van der Waals surface area contributed by atoms with Gasteiger partial charge in [0.1, 0.15) is 0 Å². The first-order chi connectivity index (χ1) is 9.16. The van der Waals surface area contributed by atoms with Crippen molar-refractivity contribution in [1.82, 2.24) is 14.6 Å². The van der Waals surface area contributed by atoms with Gasteiger partial charge in [0, 0.05) is 38.3 Å². The van der Waals surface area contributed by atoms with Gasteiger partial charge in [0.05, 0.1) is 5.60 Å². The summed E-state index contributed by atoms with van der Waals surface area (Å²) in [6.07, 6.45) is 1.29. The monoisotopic (exact) mass is 262 g/mol. The van der Waals surface area contributed by atoms with Gasteiger partial charge in [-0.25, -0.2) is 4.52 Å². The molecule has 0 spiro atoms. The lowest BCUT2D eigenvalue weighted by Gasteiger charge is -2.31. The Labute approximate surface area is 111 Å². The van der Waals surface area contributed by atoms with Gasteiger partial charge in [-0.1, -0.05) is 6.07 Å². The number of pyridine rings is 1. The molecule has 1 aliphatic rings. The van der Waals surface area contributed by atoms with Gasteiger partial charge in [0.15, 0.2) is 5.65 Å². The average Bonchev–Trinajstić information content (AvgIpc) is 2.82. The smallest absolute Gasteiger partial charge is 0.243 e. The highest BCUT2D eigenvalue weighted by Crippen LogP contribution is 2.20.